The SMILES string of the molecule is CNC(=O)CC(N)c1ccc(OC)c(C(C)C)c1. The highest BCUT2D eigenvalue weighted by Gasteiger charge is 2.14. The molecule has 0 aliphatic rings. The van der Waals surface area contributed by atoms with Crippen LogP contribution in [0.15, 0.2) is 18.2 Å². The van der Waals surface area contributed by atoms with Crippen LogP contribution < -0.4 is 15.8 Å². The van der Waals surface area contributed by atoms with E-state index in [0.717, 1.165) is 16.9 Å². The van der Waals surface area contributed by atoms with E-state index >= 15 is 0 Å². The van der Waals surface area contributed by atoms with Crippen LogP contribution in [0.25, 0.3) is 0 Å². The standard InChI is InChI=1S/C14H22N2O2/c1-9(2)11-7-10(5-6-13(11)18-4)12(15)8-14(17)16-3/h5-7,9,12H,8,15H2,1-4H3,(H,16,17). The maximum atomic E-state index is 11.3. The lowest BCUT2D eigenvalue weighted by molar-refractivity contribution is -0.120. The van der Waals surface area contributed by atoms with Crippen molar-refractivity contribution < 1.29 is 9.53 Å². The number of rotatable bonds is 5. The molecule has 0 heterocycles. The average Bonchev–Trinajstić information content (AvgIpc) is 2.37. The number of benzene rings is 1. The third-order valence-corrected chi connectivity index (χ3v) is 2.99. The molecule has 1 amide bonds. The monoisotopic (exact) mass is 250 g/mol. The van der Waals surface area contributed by atoms with Crippen LogP contribution in [-0.2, 0) is 4.79 Å². The quantitative estimate of drug-likeness (QED) is 0.839. The van der Waals surface area contributed by atoms with Crippen LogP contribution in [0, 0.1) is 0 Å². The summed E-state index contributed by atoms with van der Waals surface area (Å²) in [6, 6.07) is 5.57. The normalized spacial score (nSPS) is 12.3. The molecule has 18 heavy (non-hydrogen) atoms. The first-order valence-corrected chi connectivity index (χ1v) is 6.13. The molecule has 0 spiro atoms. The zero-order chi connectivity index (χ0) is 13.7. The molecule has 0 fully saturated rings. The molecule has 1 atom stereocenters. The minimum absolute atomic E-state index is 0.0515. The van der Waals surface area contributed by atoms with Crippen molar-refractivity contribution in [3.05, 3.63) is 29.3 Å². The maximum absolute atomic E-state index is 11.3. The van der Waals surface area contributed by atoms with Gasteiger partial charge < -0.3 is 15.8 Å². The Balaban J connectivity index is 2.97. The second-order valence-electron chi connectivity index (χ2n) is 4.64. The summed E-state index contributed by atoms with van der Waals surface area (Å²) >= 11 is 0. The van der Waals surface area contributed by atoms with E-state index in [4.69, 9.17) is 10.5 Å². The molecule has 1 aromatic carbocycles. The topological polar surface area (TPSA) is 64.4 Å². The smallest absolute Gasteiger partial charge is 0.221 e. The molecule has 100 valence electrons. The number of hydrogen-bond acceptors (Lipinski definition) is 3. The molecule has 3 N–H and O–H groups in total. The molecule has 1 rings (SSSR count). The van der Waals surface area contributed by atoms with Crippen LogP contribution in [0.2, 0.25) is 0 Å². The molecule has 4 heteroatoms. The van der Waals surface area contributed by atoms with E-state index < -0.39 is 0 Å². The predicted molar refractivity (Wildman–Crippen MR) is 72.7 cm³/mol. The van der Waals surface area contributed by atoms with E-state index in [-0.39, 0.29) is 11.9 Å². The third-order valence-electron chi connectivity index (χ3n) is 2.99. The van der Waals surface area contributed by atoms with Crippen LogP contribution in [0.1, 0.15) is 43.4 Å². The van der Waals surface area contributed by atoms with Gasteiger partial charge in [0.05, 0.1) is 7.11 Å². The van der Waals surface area contributed by atoms with Crippen LogP contribution in [0.4, 0.5) is 0 Å². The van der Waals surface area contributed by atoms with Gasteiger partial charge in [-0.3, -0.25) is 4.79 Å². The molecule has 0 saturated carbocycles. The van der Waals surface area contributed by atoms with Crippen LogP contribution in [0.3, 0.4) is 0 Å². The Morgan fingerprint density at radius 1 is 1.44 bits per heavy atom. The molecule has 0 aliphatic carbocycles. The fourth-order valence-electron chi connectivity index (χ4n) is 1.85. The third kappa shape index (κ3) is 3.47. The molecular formula is C14H22N2O2. The summed E-state index contributed by atoms with van der Waals surface area (Å²) in [5.74, 6) is 1.16. The fraction of sp³-hybridized carbons (Fsp3) is 0.500. The minimum atomic E-state index is -0.284. The molecule has 0 bridgehead atoms. The lowest BCUT2D eigenvalue weighted by Gasteiger charge is -2.17. The second-order valence-corrected chi connectivity index (χ2v) is 4.64. The number of methoxy groups -OCH3 is 1. The lowest BCUT2D eigenvalue weighted by Crippen LogP contribution is -2.24. The largest absolute Gasteiger partial charge is 0.496 e. The lowest BCUT2D eigenvalue weighted by atomic mass is 9.95. The Bertz CT molecular complexity index is 416. The van der Waals surface area contributed by atoms with Crippen molar-refractivity contribution in [3.8, 4) is 5.75 Å². The number of ether oxygens (including phenoxy) is 1. The number of nitrogens with two attached hydrogens (primary N) is 1. The summed E-state index contributed by atoms with van der Waals surface area (Å²) in [6.07, 6.45) is 0.292. The van der Waals surface area contributed by atoms with Gasteiger partial charge in [0.1, 0.15) is 5.75 Å². The fourth-order valence-corrected chi connectivity index (χ4v) is 1.85. The molecule has 0 saturated heterocycles. The summed E-state index contributed by atoms with van der Waals surface area (Å²) in [5, 5.41) is 2.58. The van der Waals surface area contributed by atoms with E-state index in [1.807, 2.05) is 18.2 Å². The Morgan fingerprint density at radius 3 is 2.61 bits per heavy atom. The van der Waals surface area contributed by atoms with E-state index in [2.05, 4.69) is 19.2 Å². The Kier molecular flexibility index (Phi) is 5.16. The second kappa shape index (κ2) is 6.40. The summed E-state index contributed by atoms with van der Waals surface area (Å²) < 4.78 is 5.32. The van der Waals surface area contributed by atoms with E-state index in [1.54, 1.807) is 14.2 Å². The highest BCUT2D eigenvalue weighted by Crippen LogP contribution is 2.29. The van der Waals surface area contributed by atoms with Crippen molar-refractivity contribution in [1.82, 2.24) is 5.32 Å². The predicted octanol–water partition coefficient (Wildman–Crippen LogP) is 1.95. The van der Waals surface area contributed by atoms with Crippen molar-refractivity contribution >= 4 is 5.91 Å². The molecule has 1 aromatic rings. The summed E-state index contributed by atoms with van der Waals surface area (Å²) in [4.78, 5) is 11.3. The van der Waals surface area contributed by atoms with Crippen molar-refractivity contribution in [3.63, 3.8) is 0 Å². The molecule has 0 radical (unpaired) electrons. The van der Waals surface area contributed by atoms with Gasteiger partial charge in [-0.05, 0) is 23.1 Å². The summed E-state index contributed by atoms with van der Waals surface area (Å²) in [6.45, 7) is 4.21. The highest BCUT2D eigenvalue weighted by molar-refractivity contribution is 5.76. The van der Waals surface area contributed by atoms with Gasteiger partial charge in [-0.1, -0.05) is 26.0 Å². The van der Waals surface area contributed by atoms with Crippen molar-refractivity contribution in [1.29, 1.82) is 0 Å². The summed E-state index contributed by atoms with van der Waals surface area (Å²) in [5.41, 5.74) is 8.10. The van der Waals surface area contributed by atoms with Crippen LogP contribution >= 0.6 is 0 Å². The van der Waals surface area contributed by atoms with Gasteiger partial charge in [0, 0.05) is 19.5 Å². The zero-order valence-electron chi connectivity index (χ0n) is 11.5. The van der Waals surface area contributed by atoms with Gasteiger partial charge in [0.25, 0.3) is 0 Å². The Labute approximate surface area is 109 Å². The first kappa shape index (κ1) is 14.5. The van der Waals surface area contributed by atoms with Gasteiger partial charge in [0.15, 0.2) is 0 Å². The number of carbonyl (C=O) groups excluding carboxylic acids is 1. The summed E-state index contributed by atoms with van der Waals surface area (Å²) in [7, 11) is 3.27. The number of nitrogens with one attached hydrogen (secondary N) is 1. The molecule has 1 unspecified atom stereocenters. The highest BCUT2D eigenvalue weighted by atomic mass is 16.5. The first-order chi connectivity index (χ1) is 8.49. The van der Waals surface area contributed by atoms with Crippen molar-refractivity contribution in [2.75, 3.05) is 14.2 Å². The zero-order valence-corrected chi connectivity index (χ0v) is 11.5. The molecule has 4 nitrogen and oxygen atoms in total. The first-order valence-electron chi connectivity index (χ1n) is 6.13. The van der Waals surface area contributed by atoms with E-state index in [9.17, 15) is 4.79 Å². The van der Waals surface area contributed by atoms with Gasteiger partial charge in [-0.25, -0.2) is 0 Å². The Hall–Kier alpha value is -1.55. The van der Waals surface area contributed by atoms with Gasteiger partial charge in [0.2, 0.25) is 5.91 Å². The van der Waals surface area contributed by atoms with Gasteiger partial charge in [-0.2, -0.15) is 0 Å². The van der Waals surface area contributed by atoms with E-state index in [1.165, 1.54) is 0 Å². The van der Waals surface area contributed by atoms with Crippen LogP contribution in [0.5, 0.6) is 5.75 Å². The van der Waals surface area contributed by atoms with Crippen molar-refractivity contribution in [2.45, 2.75) is 32.2 Å². The molecule has 0 aliphatic heterocycles. The molecule has 0 aromatic heterocycles. The number of carbonyl (C=O) groups is 1. The van der Waals surface area contributed by atoms with Gasteiger partial charge in [-0.15, -0.1) is 0 Å². The van der Waals surface area contributed by atoms with Gasteiger partial charge >= 0.3 is 0 Å². The average molecular weight is 250 g/mol. The van der Waals surface area contributed by atoms with E-state index in [0.29, 0.717) is 12.3 Å². The maximum Gasteiger partial charge on any atom is 0.221 e. The minimum Gasteiger partial charge on any atom is -0.496 e. The Morgan fingerprint density at radius 2 is 2.11 bits per heavy atom. The number of hydrogen-bond donors (Lipinski definition) is 2. The van der Waals surface area contributed by atoms with Crippen LogP contribution in [-0.4, -0.2) is 20.1 Å². The molecular weight excluding hydrogens is 228 g/mol. The number of amides is 1. The van der Waals surface area contributed by atoms with Crippen molar-refractivity contribution in [2.24, 2.45) is 5.73 Å².